The molecule has 0 spiro atoms. The van der Waals surface area contributed by atoms with Crippen LogP contribution in [-0.2, 0) is 11.3 Å². The number of hydrogen-bond donors (Lipinski definition) is 2. The molecule has 5 nitrogen and oxygen atoms in total. The summed E-state index contributed by atoms with van der Waals surface area (Å²) in [7, 11) is 3.14. The van der Waals surface area contributed by atoms with Gasteiger partial charge in [0.2, 0.25) is 0 Å². The highest BCUT2D eigenvalue weighted by Crippen LogP contribution is 2.05. The van der Waals surface area contributed by atoms with E-state index in [0.29, 0.717) is 12.1 Å². The smallest absolute Gasteiger partial charge is 0.337 e. The van der Waals surface area contributed by atoms with Gasteiger partial charge in [-0.15, -0.1) is 24.0 Å². The van der Waals surface area contributed by atoms with Crippen molar-refractivity contribution in [3.05, 3.63) is 35.4 Å². The monoisotopic (exact) mass is 451 g/mol. The summed E-state index contributed by atoms with van der Waals surface area (Å²) >= 11 is 1.87. The number of methoxy groups -OCH3 is 1. The van der Waals surface area contributed by atoms with Gasteiger partial charge in [0.15, 0.2) is 5.96 Å². The van der Waals surface area contributed by atoms with Crippen molar-refractivity contribution in [2.24, 2.45) is 4.99 Å². The molecule has 7 heteroatoms. The van der Waals surface area contributed by atoms with Crippen LogP contribution in [0, 0.1) is 0 Å². The lowest BCUT2D eigenvalue weighted by Gasteiger charge is -2.12. The maximum atomic E-state index is 11.4. The summed E-state index contributed by atoms with van der Waals surface area (Å²) in [5.74, 6) is 1.67. The Balaban J connectivity index is 0.00000484. The first-order chi connectivity index (χ1) is 10.7. The molecule has 2 N–H and O–H groups in total. The number of carbonyl (C=O) groups is 1. The number of guanidine groups is 1. The number of benzene rings is 1. The summed E-state index contributed by atoms with van der Waals surface area (Å²) < 4.78 is 4.68. The van der Waals surface area contributed by atoms with Crippen LogP contribution in [0.1, 0.15) is 28.8 Å². The zero-order valence-electron chi connectivity index (χ0n) is 13.9. The molecule has 0 heterocycles. The van der Waals surface area contributed by atoms with Gasteiger partial charge in [0.25, 0.3) is 0 Å². The lowest BCUT2D eigenvalue weighted by Crippen LogP contribution is -2.37. The zero-order valence-corrected chi connectivity index (χ0v) is 17.1. The van der Waals surface area contributed by atoms with Gasteiger partial charge in [-0.25, -0.2) is 4.79 Å². The fourth-order valence-electron chi connectivity index (χ4n) is 1.86. The van der Waals surface area contributed by atoms with Gasteiger partial charge in [0.1, 0.15) is 0 Å². The third-order valence-corrected chi connectivity index (χ3v) is 3.82. The molecule has 0 bridgehead atoms. The third-order valence-electron chi connectivity index (χ3n) is 3.13. The fraction of sp³-hybridized carbons (Fsp3) is 0.500. The van der Waals surface area contributed by atoms with Crippen molar-refractivity contribution in [1.29, 1.82) is 0 Å². The standard InChI is InChI=1S/C16H25N3O2S.HI/c1-17-16(18-10-4-5-11-22-3)19-12-13-6-8-14(9-7-13)15(20)21-2;/h6-9H,4-5,10-12H2,1-3H3,(H2,17,18,19);1H. The molecule has 23 heavy (non-hydrogen) atoms. The Kier molecular flexibility index (Phi) is 12.9. The Labute approximate surface area is 160 Å². The topological polar surface area (TPSA) is 62.7 Å². The summed E-state index contributed by atoms with van der Waals surface area (Å²) in [6.45, 7) is 1.58. The summed E-state index contributed by atoms with van der Waals surface area (Å²) in [4.78, 5) is 15.6. The molecule has 0 unspecified atom stereocenters. The van der Waals surface area contributed by atoms with E-state index in [4.69, 9.17) is 0 Å². The van der Waals surface area contributed by atoms with Crippen LogP contribution in [0.4, 0.5) is 0 Å². The largest absolute Gasteiger partial charge is 0.465 e. The van der Waals surface area contributed by atoms with E-state index in [1.165, 1.54) is 19.3 Å². The molecule has 0 aliphatic heterocycles. The normalized spacial score (nSPS) is 10.7. The lowest BCUT2D eigenvalue weighted by atomic mass is 10.1. The second kappa shape index (κ2) is 13.5. The van der Waals surface area contributed by atoms with E-state index in [1.807, 2.05) is 23.9 Å². The maximum Gasteiger partial charge on any atom is 0.337 e. The van der Waals surface area contributed by atoms with Crippen LogP contribution >= 0.6 is 35.7 Å². The van der Waals surface area contributed by atoms with Gasteiger partial charge in [0, 0.05) is 20.1 Å². The molecule has 0 saturated carbocycles. The van der Waals surface area contributed by atoms with E-state index in [9.17, 15) is 4.79 Å². The fourth-order valence-corrected chi connectivity index (χ4v) is 2.35. The number of ether oxygens (including phenoxy) is 1. The lowest BCUT2D eigenvalue weighted by molar-refractivity contribution is 0.0600. The van der Waals surface area contributed by atoms with Crippen LogP contribution in [0.2, 0.25) is 0 Å². The van der Waals surface area contributed by atoms with Crippen LogP contribution < -0.4 is 10.6 Å². The minimum Gasteiger partial charge on any atom is -0.465 e. The van der Waals surface area contributed by atoms with Crippen molar-refractivity contribution in [3.8, 4) is 0 Å². The molecule has 0 fully saturated rings. The quantitative estimate of drug-likeness (QED) is 0.209. The molecule has 1 aromatic carbocycles. The number of aliphatic imine (C=N–C) groups is 1. The summed E-state index contributed by atoms with van der Waals surface area (Å²) in [5.41, 5.74) is 1.64. The van der Waals surface area contributed by atoms with Gasteiger partial charge < -0.3 is 15.4 Å². The van der Waals surface area contributed by atoms with Gasteiger partial charge in [-0.05, 0) is 42.5 Å². The van der Waals surface area contributed by atoms with Crippen LogP contribution in [0.3, 0.4) is 0 Å². The van der Waals surface area contributed by atoms with Crippen LogP contribution in [-0.4, -0.2) is 44.6 Å². The van der Waals surface area contributed by atoms with Crippen molar-refractivity contribution >= 4 is 47.7 Å². The van der Waals surface area contributed by atoms with Gasteiger partial charge >= 0.3 is 5.97 Å². The van der Waals surface area contributed by atoms with E-state index >= 15 is 0 Å². The molecule has 0 aliphatic rings. The van der Waals surface area contributed by atoms with Crippen molar-refractivity contribution in [3.63, 3.8) is 0 Å². The Morgan fingerprint density at radius 3 is 2.48 bits per heavy atom. The van der Waals surface area contributed by atoms with Gasteiger partial charge in [-0.3, -0.25) is 4.99 Å². The molecular formula is C16H26IN3O2S. The first-order valence-electron chi connectivity index (χ1n) is 7.32. The Morgan fingerprint density at radius 2 is 1.91 bits per heavy atom. The number of unbranched alkanes of at least 4 members (excludes halogenated alkanes) is 1. The van der Waals surface area contributed by atoms with Crippen LogP contribution in [0.5, 0.6) is 0 Å². The highest BCUT2D eigenvalue weighted by Gasteiger charge is 2.04. The van der Waals surface area contributed by atoms with Crippen molar-refractivity contribution < 1.29 is 9.53 Å². The van der Waals surface area contributed by atoms with Crippen molar-refractivity contribution in [2.45, 2.75) is 19.4 Å². The number of esters is 1. The highest BCUT2D eigenvalue weighted by atomic mass is 127. The van der Waals surface area contributed by atoms with Crippen LogP contribution in [0.15, 0.2) is 29.3 Å². The first-order valence-corrected chi connectivity index (χ1v) is 8.71. The number of nitrogens with one attached hydrogen (secondary N) is 2. The van der Waals surface area contributed by atoms with Crippen molar-refractivity contribution in [1.82, 2.24) is 10.6 Å². The molecule has 0 saturated heterocycles. The third kappa shape index (κ3) is 9.04. The Morgan fingerprint density at radius 1 is 1.22 bits per heavy atom. The molecule has 1 rings (SSSR count). The van der Waals surface area contributed by atoms with Crippen molar-refractivity contribution in [2.75, 3.05) is 32.7 Å². The highest BCUT2D eigenvalue weighted by molar-refractivity contribution is 14.0. The zero-order chi connectivity index (χ0) is 16.2. The number of nitrogens with zero attached hydrogens (tertiary/aromatic N) is 1. The first kappa shape index (κ1) is 22.0. The number of halogens is 1. The van der Waals surface area contributed by atoms with Gasteiger partial charge in [0.05, 0.1) is 12.7 Å². The van der Waals surface area contributed by atoms with E-state index in [-0.39, 0.29) is 29.9 Å². The number of carbonyl (C=O) groups excluding carboxylic acids is 1. The minimum absolute atomic E-state index is 0. The van der Waals surface area contributed by atoms with Gasteiger partial charge in [-0.1, -0.05) is 12.1 Å². The van der Waals surface area contributed by atoms with E-state index in [2.05, 4.69) is 26.6 Å². The molecule has 0 radical (unpaired) electrons. The average molecular weight is 451 g/mol. The molecule has 1 aromatic rings. The second-order valence-corrected chi connectivity index (χ2v) is 5.73. The average Bonchev–Trinajstić information content (AvgIpc) is 2.57. The number of thioether (sulfide) groups is 1. The predicted octanol–water partition coefficient (Wildman–Crippen LogP) is 2.90. The molecule has 0 amide bonds. The number of hydrogen-bond acceptors (Lipinski definition) is 4. The van der Waals surface area contributed by atoms with Crippen LogP contribution in [0.25, 0.3) is 0 Å². The minimum atomic E-state index is -0.317. The summed E-state index contributed by atoms with van der Waals surface area (Å²) in [6, 6.07) is 7.35. The molecule has 130 valence electrons. The van der Waals surface area contributed by atoms with Gasteiger partial charge in [-0.2, -0.15) is 11.8 Å². The second-order valence-electron chi connectivity index (χ2n) is 4.74. The molecular weight excluding hydrogens is 425 g/mol. The van der Waals surface area contributed by atoms with E-state index < -0.39 is 0 Å². The van der Waals surface area contributed by atoms with E-state index in [0.717, 1.165) is 24.5 Å². The number of rotatable bonds is 8. The molecule has 0 aliphatic carbocycles. The summed E-state index contributed by atoms with van der Waals surface area (Å²) in [6.07, 6.45) is 4.47. The predicted molar refractivity (Wildman–Crippen MR) is 109 cm³/mol. The molecule has 0 aromatic heterocycles. The Hall–Kier alpha value is -0.960. The molecule has 0 atom stereocenters. The SMILES string of the molecule is CN=C(NCCCCSC)NCc1ccc(C(=O)OC)cc1.I. The van der Waals surface area contributed by atoms with E-state index in [1.54, 1.807) is 19.2 Å². The maximum absolute atomic E-state index is 11.4. The Bertz CT molecular complexity index is 481. The summed E-state index contributed by atoms with van der Waals surface area (Å²) in [5, 5.41) is 6.55.